The molecule has 0 saturated carbocycles. The zero-order valence-corrected chi connectivity index (χ0v) is 73.4. The lowest BCUT2D eigenvalue weighted by Gasteiger charge is -2.29. The van der Waals surface area contributed by atoms with Crippen LogP contribution in [-0.2, 0) is 142 Å². The van der Waals surface area contributed by atoms with Gasteiger partial charge in [0.2, 0.25) is 88.6 Å². The molecular weight excluding hydrogens is 1690 g/mol. The molecule has 4 rings (SSSR count). The van der Waals surface area contributed by atoms with Crippen molar-refractivity contribution in [3.05, 3.63) is 83.2 Å². The summed E-state index contributed by atoms with van der Waals surface area (Å²) in [5, 5.41) is 34.2. The van der Waals surface area contributed by atoms with Crippen LogP contribution in [0.4, 0.5) is 0 Å². The number of primary amides is 2. The monoisotopic (exact) mass is 1820 g/mol. The third-order valence-electron chi connectivity index (χ3n) is 18.6. The predicted molar refractivity (Wildman–Crippen MR) is 462 cm³/mol. The smallest absolute Gasteiger partial charge is 0.246 e. The Morgan fingerprint density at radius 3 is 1.26 bits per heavy atom. The largest absolute Gasteiger partial charge is 0.398 e. The van der Waals surface area contributed by atoms with Gasteiger partial charge in [-0.15, -0.1) is 5.92 Å². The van der Waals surface area contributed by atoms with Gasteiger partial charge in [0.1, 0.15) is 64.1 Å². The molecule has 0 aliphatic heterocycles. The number of carbonyl (C=O) groups excluding carboxylic acids is 15. The molecule has 21 N–H and O–H groups in total. The SMILES string of the molecule is NC(=O)COCNC(=O)CNC(=O)[C@H](Cc1ccccc1)NC(=O)CNC(=O)CNC(=O)CCOCCOCCOCCOCCNC(=O)COC1CCCCCC(N(N)CCCC[C@@H](NC(=O)CCOCCOCCOCCOCCNC(=O)COC2C#CCCCCC2)C(=O)NCC(=O)NCC(=O)N[C@@H](Cc2ccccc2)C(=O)NCC(=O)NCOCC(N)=O)=C1N. The first-order valence-corrected chi connectivity index (χ1v) is 43.2. The summed E-state index contributed by atoms with van der Waals surface area (Å²) in [6.45, 7) is -0.778. The van der Waals surface area contributed by atoms with E-state index in [9.17, 15) is 71.9 Å². The lowest BCUT2D eigenvalue weighted by molar-refractivity contribution is -0.132. The number of hydrazine groups is 1. The van der Waals surface area contributed by atoms with Crippen LogP contribution in [0.2, 0.25) is 0 Å². The van der Waals surface area contributed by atoms with Crippen molar-refractivity contribution in [2.24, 2.45) is 23.0 Å². The molecule has 0 radical (unpaired) electrons. The van der Waals surface area contributed by atoms with Gasteiger partial charge in [-0.2, -0.15) is 0 Å². The Hall–Kier alpha value is -11.1. The van der Waals surface area contributed by atoms with Gasteiger partial charge in [-0.05, 0) is 68.9 Å². The Balaban J connectivity index is 1.12. The maximum Gasteiger partial charge on any atom is 0.246 e. The highest BCUT2D eigenvalue weighted by atomic mass is 16.6. The molecule has 720 valence electrons. The average molecular weight is 1830 g/mol. The fraction of sp³-hybridized carbons (Fsp3) is 0.631. The Kier molecular flexibility index (Phi) is 60.5. The van der Waals surface area contributed by atoms with Crippen LogP contribution < -0.4 is 92.2 Å². The molecule has 0 bridgehead atoms. The van der Waals surface area contributed by atoms with Crippen molar-refractivity contribution in [3.63, 3.8) is 0 Å². The molecule has 2 aromatic rings. The molecule has 0 heterocycles. The Bertz CT molecular complexity index is 3790. The summed E-state index contributed by atoms with van der Waals surface area (Å²) in [6, 6.07) is 14.0. The van der Waals surface area contributed by atoms with Crippen molar-refractivity contribution in [3.8, 4) is 11.8 Å². The standard InChI is InChI=1S/C84H132N18O27/c85-69(103)55-126-59-97-75(109)51-95-83(116)65(47-61-17-7-4-8-18-61)100-77(111)53-92-73(107)49-91-71(105)26-31-118-35-39-122-43-45-125-42-38-121-34-29-90-80(114)58-129-68-25-14-6-13-24-67(81(68)87)102(88)30-16-15-23-64(99-72(106)27-32-119-36-40-123-44-46-124-41-37-120-33-28-89-79(113)57-128-63-21-11-2-1-3-12-22-63)82(115)94-50-74(108)93-54-78(112)101-66(48-62-19-9-5-10-20-62)84(117)96-52-76(110)98-60-127-56-70(86)104/h4-5,7-10,17-20,63-66,68H,1-3,6,11,13-16,21,23-60,87-88H2,(H2,85,103)(H2,86,104)(H,89,113)(H,90,114)(H,91,105)(H,92,107)(H,93,108)(H,94,115)(H,95,116)(H,96,117)(H,97,109)(H,98,110)(H,99,106)(H,100,111)(H,101,112)/t63?,64-,65+,66+,68?/m1/s1. The fourth-order valence-electron chi connectivity index (χ4n) is 11.9. The van der Waals surface area contributed by atoms with Crippen LogP contribution >= 0.6 is 0 Å². The number of carbonyl (C=O) groups is 15. The second-order valence-corrected chi connectivity index (χ2v) is 29.2. The molecule has 45 heteroatoms. The Morgan fingerprint density at radius 1 is 0.380 bits per heavy atom. The molecule has 5 atom stereocenters. The molecule has 0 saturated heterocycles. The molecule has 15 amide bonds. The van der Waals surface area contributed by atoms with E-state index in [1.54, 1.807) is 60.7 Å². The second-order valence-electron chi connectivity index (χ2n) is 29.2. The fourth-order valence-corrected chi connectivity index (χ4v) is 11.9. The molecule has 0 fully saturated rings. The van der Waals surface area contributed by atoms with E-state index in [4.69, 9.17) is 79.9 Å². The molecule has 129 heavy (non-hydrogen) atoms. The van der Waals surface area contributed by atoms with Crippen molar-refractivity contribution in [2.75, 3.05) is 205 Å². The number of nitrogens with one attached hydrogen (secondary N) is 13. The Morgan fingerprint density at radius 2 is 0.775 bits per heavy atom. The topological polar surface area (TPSA) is 631 Å². The minimum absolute atomic E-state index is 0.0121. The highest BCUT2D eigenvalue weighted by Crippen LogP contribution is 2.25. The van der Waals surface area contributed by atoms with Crippen LogP contribution in [0.25, 0.3) is 0 Å². The molecule has 45 nitrogen and oxygen atoms in total. The van der Waals surface area contributed by atoms with Crippen molar-refractivity contribution in [1.82, 2.24) is 74.1 Å². The first-order chi connectivity index (χ1) is 62.4. The van der Waals surface area contributed by atoms with Gasteiger partial charge in [0.15, 0.2) is 0 Å². The van der Waals surface area contributed by atoms with Gasteiger partial charge in [0.05, 0.1) is 162 Å². The summed E-state index contributed by atoms with van der Waals surface area (Å²) < 4.78 is 65.9. The van der Waals surface area contributed by atoms with E-state index in [2.05, 4.69) is 81.0 Å². The van der Waals surface area contributed by atoms with Crippen LogP contribution in [0.1, 0.15) is 107 Å². The average Bonchev–Trinajstić information content (AvgIpc) is 0.835. The van der Waals surface area contributed by atoms with Gasteiger partial charge >= 0.3 is 0 Å². The van der Waals surface area contributed by atoms with Crippen LogP contribution in [0.15, 0.2) is 72.1 Å². The number of ether oxygens (including phenoxy) is 12. The summed E-state index contributed by atoms with van der Waals surface area (Å²) in [4.78, 5) is 189. The predicted octanol–water partition coefficient (Wildman–Crippen LogP) is -5.86. The van der Waals surface area contributed by atoms with Gasteiger partial charge < -0.3 is 148 Å². The van der Waals surface area contributed by atoms with Crippen LogP contribution in [0, 0.1) is 11.8 Å². The van der Waals surface area contributed by atoms with E-state index in [0.29, 0.717) is 74.6 Å². The third kappa shape index (κ3) is 57.4. The summed E-state index contributed by atoms with van der Waals surface area (Å²) in [6.07, 6.45) is 8.24. The first kappa shape index (κ1) is 110. The summed E-state index contributed by atoms with van der Waals surface area (Å²) in [5.41, 5.74) is 19.2. The molecule has 2 aliphatic rings. The molecule has 2 aliphatic carbocycles. The maximum atomic E-state index is 13.8. The minimum atomic E-state index is -1.19. The third-order valence-corrected chi connectivity index (χ3v) is 18.6. The van der Waals surface area contributed by atoms with E-state index in [1.165, 1.54) is 5.01 Å². The number of hydrogen-bond acceptors (Lipinski definition) is 30. The second kappa shape index (κ2) is 70.8. The zero-order valence-electron chi connectivity index (χ0n) is 73.4. The minimum Gasteiger partial charge on any atom is -0.398 e. The number of nitrogens with two attached hydrogens (primary N) is 4. The van der Waals surface area contributed by atoms with E-state index in [0.717, 1.165) is 51.4 Å². The number of amides is 15. The Labute approximate surface area is 750 Å². The number of allylic oxidation sites excluding steroid dienone is 1. The van der Waals surface area contributed by atoms with Crippen molar-refractivity contribution in [2.45, 2.75) is 139 Å². The van der Waals surface area contributed by atoms with Crippen LogP contribution in [-0.4, -0.2) is 328 Å². The number of benzene rings is 2. The van der Waals surface area contributed by atoms with Crippen LogP contribution in [0.3, 0.4) is 0 Å². The number of nitrogens with zero attached hydrogens (tertiary/aromatic N) is 1. The highest BCUT2D eigenvalue weighted by Gasteiger charge is 2.28. The van der Waals surface area contributed by atoms with E-state index < -0.39 is 159 Å². The molecule has 0 spiro atoms. The quantitative estimate of drug-likeness (QED) is 0.00964. The number of unbranched alkanes of at least 4 members (excludes halogenated alkanes) is 1. The zero-order chi connectivity index (χ0) is 93.5. The van der Waals surface area contributed by atoms with Gasteiger partial charge in [-0.1, -0.05) is 85.8 Å². The summed E-state index contributed by atoms with van der Waals surface area (Å²) in [7, 11) is 0. The van der Waals surface area contributed by atoms with Crippen molar-refractivity contribution >= 4 is 88.6 Å². The number of hydrogen-bond donors (Lipinski definition) is 17. The van der Waals surface area contributed by atoms with E-state index in [1.807, 2.05) is 0 Å². The first-order valence-electron chi connectivity index (χ1n) is 43.2. The molecule has 2 unspecified atom stereocenters. The molecule has 2 aromatic carbocycles. The lowest BCUT2D eigenvalue weighted by Crippen LogP contribution is -2.53. The van der Waals surface area contributed by atoms with E-state index >= 15 is 0 Å². The van der Waals surface area contributed by atoms with Crippen LogP contribution in [0.5, 0.6) is 0 Å². The lowest BCUT2D eigenvalue weighted by atomic mass is 9.99. The number of rotatable bonds is 72. The highest BCUT2D eigenvalue weighted by molar-refractivity contribution is 5.95. The van der Waals surface area contributed by atoms with Gasteiger partial charge in [0, 0.05) is 51.7 Å². The van der Waals surface area contributed by atoms with Gasteiger partial charge in [-0.25, -0.2) is 5.84 Å². The maximum absolute atomic E-state index is 13.8. The molecule has 0 aromatic heterocycles. The summed E-state index contributed by atoms with van der Waals surface area (Å²) >= 11 is 0. The van der Waals surface area contributed by atoms with Gasteiger partial charge in [0.25, 0.3) is 0 Å². The van der Waals surface area contributed by atoms with Crippen molar-refractivity contribution < 1.29 is 129 Å². The summed E-state index contributed by atoms with van der Waals surface area (Å²) in [5.74, 6) is 3.42. The molecular formula is C84H132N18O27. The van der Waals surface area contributed by atoms with E-state index in [-0.39, 0.29) is 170 Å². The van der Waals surface area contributed by atoms with Gasteiger partial charge in [-0.3, -0.25) is 71.9 Å². The normalized spacial score (nSPS) is 14.4. The van der Waals surface area contributed by atoms with Crippen molar-refractivity contribution in [1.29, 1.82) is 0 Å².